The van der Waals surface area contributed by atoms with Crippen molar-refractivity contribution in [1.29, 1.82) is 0 Å². The van der Waals surface area contributed by atoms with E-state index in [0.29, 0.717) is 11.8 Å². The van der Waals surface area contributed by atoms with Gasteiger partial charge in [-0.1, -0.05) is 0 Å². The second-order valence-corrected chi connectivity index (χ2v) is 3.66. The topological polar surface area (TPSA) is 49.3 Å². The van der Waals surface area contributed by atoms with E-state index in [4.69, 9.17) is 4.55 Å². The third kappa shape index (κ3) is 3.98. The molecule has 60 valence electrons. The van der Waals surface area contributed by atoms with Crippen LogP contribution in [0.25, 0.3) is 0 Å². The largest absolute Gasteiger partial charge is 0.314 e. The van der Waals surface area contributed by atoms with Crippen molar-refractivity contribution in [3.63, 3.8) is 0 Å². The zero-order valence-corrected chi connectivity index (χ0v) is 6.69. The minimum Gasteiger partial charge on any atom is -0.314 e. The normalized spacial score (nSPS) is 20.9. The first kappa shape index (κ1) is 8.17. The Balaban J connectivity index is 1.80. The Morgan fingerprint density at radius 1 is 1.60 bits per heavy atom. The minimum absolute atomic E-state index is 0.402. The average Bonchev–Trinajstić information content (AvgIpc) is 2.62. The van der Waals surface area contributed by atoms with Gasteiger partial charge in [-0.15, -0.1) is 0 Å². The van der Waals surface area contributed by atoms with E-state index < -0.39 is 11.1 Å². The molecular formula is C6H13NO2S. The molecule has 1 aliphatic rings. The third-order valence-electron chi connectivity index (χ3n) is 1.51. The Morgan fingerprint density at radius 3 is 2.80 bits per heavy atom. The Hall–Kier alpha value is 0.0700. The number of nitrogens with one attached hydrogen (secondary N) is 1. The maximum atomic E-state index is 10.1. The van der Waals surface area contributed by atoms with E-state index >= 15 is 0 Å². The molecule has 1 aliphatic carbocycles. The molecule has 0 aromatic rings. The molecule has 0 radical (unpaired) electrons. The minimum atomic E-state index is -1.60. The second-order valence-electron chi connectivity index (χ2n) is 2.61. The Bertz CT molecular complexity index is 125. The summed E-state index contributed by atoms with van der Waals surface area (Å²) in [6, 6.07) is 0.715. The first-order valence-electron chi connectivity index (χ1n) is 3.60. The Kier molecular flexibility index (Phi) is 3.31. The summed E-state index contributed by atoms with van der Waals surface area (Å²) < 4.78 is 18.5. The van der Waals surface area contributed by atoms with Gasteiger partial charge in [0.1, 0.15) is 0 Å². The predicted molar refractivity (Wildman–Crippen MR) is 41.3 cm³/mol. The highest BCUT2D eigenvalue weighted by Gasteiger charge is 2.19. The molecule has 0 spiro atoms. The van der Waals surface area contributed by atoms with E-state index in [1.165, 1.54) is 12.8 Å². The van der Waals surface area contributed by atoms with Gasteiger partial charge in [0.15, 0.2) is 11.1 Å². The first-order chi connectivity index (χ1) is 4.79. The lowest BCUT2D eigenvalue weighted by Crippen LogP contribution is -2.18. The van der Waals surface area contributed by atoms with Crippen LogP contribution in [0.1, 0.15) is 19.3 Å². The van der Waals surface area contributed by atoms with Crippen LogP contribution in [0.3, 0.4) is 0 Å². The zero-order valence-electron chi connectivity index (χ0n) is 5.88. The fraction of sp³-hybridized carbons (Fsp3) is 1.00. The summed E-state index contributed by atoms with van der Waals surface area (Å²) in [6.45, 7) is 0.886. The molecular weight excluding hydrogens is 150 g/mol. The molecule has 0 aromatic heterocycles. The van der Waals surface area contributed by atoms with Crippen LogP contribution in [-0.4, -0.2) is 27.1 Å². The number of rotatable bonds is 5. The van der Waals surface area contributed by atoms with Gasteiger partial charge in [0.05, 0.1) is 5.75 Å². The van der Waals surface area contributed by atoms with Crippen LogP contribution in [0.4, 0.5) is 0 Å². The number of hydrogen-bond donors (Lipinski definition) is 2. The van der Waals surface area contributed by atoms with Gasteiger partial charge < -0.3 is 9.87 Å². The molecule has 1 saturated carbocycles. The SMILES string of the molecule is O=S(O)CCCNC1CC1. The summed E-state index contributed by atoms with van der Waals surface area (Å²) in [7, 11) is 0. The zero-order chi connectivity index (χ0) is 7.40. The van der Waals surface area contributed by atoms with Crippen LogP contribution >= 0.6 is 0 Å². The van der Waals surface area contributed by atoms with Gasteiger partial charge in [-0.3, -0.25) is 0 Å². The molecule has 1 atom stereocenters. The van der Waals surface area contributed by atoms with Crippen LogP contribution in [0.15, 0.2) is 0 Å². The molecule has 10 heavy (non-hydrogen) atoms. The van der Waals surface area contributed by atoms with Gasteiger partial charge in [-0.25, -0.2) is 4.21 Å². The van der Waals surface area contributed by atoms with Crippen LogP contribution in [-0.2, 0) is 11.1 Å². The van der Waals surface area contributed by atoms with Crippen LogP contribution in [0.2, 0.25) is 0 Å². The van der Waals surface area contributed by atoms with Gasteiger partial charge in [-0.2, -0.15) is 0 Å². The lowest BCUT2D eigenvalue weighted by molar-refractivity contribution is 0.558. The van der Waals surface area contributed by atoms with Gasteiger partial charge in [0.25, 0.3) is 0 Å². The highest BCUT2D eigenvalue weighted by Crippen LogP contribution is 2.18. The molecule has 1 fully saturated rings. The van der Waals surface area contributed by atoms with Crippen molar-refractivity contribution in [2.24, 2.45) is 0 Å². The highest BCUT2D eigenvalue weighted by molar-refractivity contribution is 7.79. The van der Waals surface area contributed by atoms with Crippen molar-refractivity contribution in [3.05, 3.63) is 0 Å². The van der Waals surface area contributed by atoms with Crippen LogP contribution in [0, 0.1) is 0 Å². The summed E-state index contributed by atoms with van der Waals surface area (Å²) in [4.78, 5) is 0. The van der Waals surface area contributed by atoms with Gasteiger partial charge >= 0.3 is 0 Å². The summed E-state index contributed by atoms with van der Waals surface area (Å²) in [5.41, 5.74) is 0. The van der Waals surface area contributed by atoms with Crippen molar-refractivity contribution in [3.8, 4) is 0 Å². The van der Waals surface area contributed by atoms with Crippen molar-refractivity contribution in [2.45, 2.75) is 25.3 Å². The van der Waals surface area contributed by atoms with E-state index in [1.807, 2.05) is 0 Å². The summed E-state index contributed by atoms with van der Waals surface area (Å²) in [5, 5.41) is 3.27. The molecule has 1 rings (SSSR count). The molecule has 0 heterocycles. The molecule has 0 saturated heterocycles. The predicted octanol–water partition coefficient (Wildman–Crippen LogP) is 0.350. The van der Waals surface area contributed by atoms with E-state index in [0.717, 1.165) is 13.0 Å². The standard InChI is InChI=1S/C6H13NO2S/c8-10(9)5-1-4-7-6-2-3-6/h6-7H,1-5H2,(H,8,9). The van der Waals surface area contributed by atoms with Crippen molar-refractivity contribution in [1.82, 2.24) is 5.32 Å². The molecule has 2 N–H and O–H groups in total. The molecule has 0 bridgehead atoms. The van der Waals surface area contributed by atoms with Crippen LogP contribution in [0.5, 0.6) is 0 Å². The van der Waals surface area contributed by atoms with Gasteiger partial charge in [-0.05, 0) is 25.8 Å². The molecule has 0 aromatic carbocycles. The smallest absolute Gasteiger partial charge is 0.152 e. The lowest BCUT2D eigenvalue weighted by Gasteiger charge is -1.98. The number of hydrogen-bond acceptors (Lipinski definition) is 2. The average molecular weight is 163 g/mol. The van der Waals surface area contributed by atoms with Crippen molar-refractivity contribution in [2.75, 3.05) is 12.3 Å². The summed E-state index contributed by atoms with van der Waals surface area (Å²) >= 11 is -1.60. The highest BCUT2D eigenvalue weighted by atomic mass is 32.2. The first-order valence-corrected chi connectivity index (χ1v) is 4.87. The molecule has 3 nitrogen and oxygen atoms in total. The van der Waals surface area contributed by atoms with E-state index in [1.54, 1.807) is 0 Å². The fourth-order valence-corrected chi connectivity index (χ4v) is 1.18. The van der Waals surface area contributed by atoms with Gasteiger partial charge in [0, 0.05) is 6.04 Å². The molecule has 0 aliphatic heterocycles. The van der Waals surface area contributed by atoms with Crippen molar-refractivity contribution < 1.29 is 8.76 Å². The Labute approximate surface area is 63.5 Å². The molecule has 1 unspecified atom stereocenters. The summed E-state index contributed by atoms with van der Waals surface area (Å²) in [5.74, 6) is 0.402. The third-order valence-corrected chi connectivity index (χ3v) is 2.14. The van der Waals surface area contributed by atoms with Gasteiger partial charge in [0.2, 0.25) is 0 Å². The summed E-state index contributed by atoms with van der Waals surface area (Å²) in [6.07, 6.45) is 3.37. The monoisotopic (exact) mass is 163 g/mol. The lowest BCUT2D eigenvalue weighted by atomic mass is 10.5. The van der Waals surface area contributed by atoms with E-state index in [2.05, 4.69) is 5.32 Å². The maximum absolute atomic E-state index is 10.1. The van der Waals surface area contributed by atoms with Crippen molar-refractivity contribution >= 4 is 11.1 Å². The van der Waals surface area contributed by atoms with Crippen LogP contribution < -0.4 is 5.32 Å². The molecule has 4 heteroatoms. The fourth-order valence-electron chi connectivity index (χ4n) is 0.789. The van der Waals surface area contributed by atoms with E-state index in [9.17, 15) is 4.21 Å². The second kappa shape index (κ2) is 4.05. The molecule has 0 amide bonds. The Morgan fingerprint density at radius 2 is 2.30 bits per heavy atom. The van der Waals surface area contributed by atoms with E-state index in [-0.39, 0.29) is 0 Å². The maximum Gasteiger partial charge on any atom is 0.152 e. The quantitative estimate of drug-likeness (QED) is 0.454.